The van der Waals surface area contributed by atoms with E-state index in [1.54, 1.807) is 0 Å². The number of hydrogen-bond acceptors (Lipinski definition) is 7. The van der Waals surface area contributed by atoms with Crippen LogP contribution in [0.3, 0.4) is 0 Å². The second-order valence-corrected chi connectivity index (χ2v) is 17.0. The van der Waals surface area contributed by atoms with Crippen LogP contribution in [0.15, 0.2) is 91.0 Å². The Labute approximate surface area is 264 Å². The van der Waals surface area contributed by atoms with E-state index in [1.807, 2.05) is 91.0 Å². The zero-order chi connectivity index (χ0) is 31.2. The molecule has 4 rings (SSSR count). The van der Waals surface area contributed by atoms with Gasteiger partial charge in [0, 0.05) is 13.2 Å². The molecule has 0 aromatic heterocycles. The highest BCUT2D eigenvalue weighted by Crippen LogP contribution is 2.32. The van der Waals surface area contributed by atoms with Gasteiger partial charge < -0.3 is 33.6 Å². The Balaban J connectivity index is 1.47. The summed E-state index contributed by atoms with van der Waals surface area (Å²) in [5, 5.41) is 22.8. The Bertz CT molecular complexity index is 1180. The molecule has 240 valence electrons. The molecule has 0 heterocycles. The third-order valence-electron chi connectivity index (χ3n) is 7.73. The molecule has 6 unspecified atom stereocenters. The van der Waals surface area contributed by atoms with Crippen LogP contribution >= 0.6 is 0 Å². The topological polar surface area (TPSA) is 86.6 Å². The van der Waals surface area contributed by atoms with Gasteiger partial charge in [0.2, 0.25) is 0 Å². The van der Waals surface area contributed by atoms with Gasteiger partial charge in [-0.3, -0.25) is 0 Å². The largest absolute Gasteiger partial charge is 0.418 e. The SMILES string of the molecule is C[Si](C)(C)OCCCCCCOC1C(O)C(O)C(OCc2ccccc2)C(OCc2ccccc2)C1OCc1ccccc1. The van der Waals surface area contributed by atoms with Crippen LogP contribution < -0.4 is 0 Å². The summed E-state index contributed by atoms with van der Waals surface area (Å²) in [6.07, 6.45) is -1.52. The van der Waals surface area contributed by atoms with E-state index in [4.69, 9.17) is 23.4 Å². The Morgan fingerprint density at radius 2 is 0.841 bits per heavy atom. The van der Waals surface area contributed by atoms with Crippen molar-refractivity contribution < 1.29 is 33.6 Å². The Morgan fingerprint density at radius 1 is 0.477 bits per heavy atom. The van der Waals surface area contributed by atoms with Gasteiger partial charge in [-0.25, -0.2) is 0 Å². The van der Waals surface area contributed by atoms with Crippen LogP contribution in [-0.4, -0.2) is 68.4 Å². The summed E-state index contributed by atoms with van der Waals surface area (Å²) in [4.78, 5) is 0. The first-order chi connectivity index (χ1) is 21.3. The number of ether oxygens (including phenoxy) is 4. The second kappa shape index (κ2) is 17.9. The van der Waals surface area contributed by atoms with E-state index in [0.717, 1.165) is 49.0 Å². The van der Waals surface area contributed by atoms with Crippen molar-refractivity contribution in [3.05, 3.63) is 108 Å². The lowest BCUT2D eigenvalue weighted by Gasteiger charge is -2.47. The second-order valence-electron chi connectivity index (χ2n) is 12.5. The van der Waals surface area contributed by atoms with Crippen LogP contribution in [0.2, 0.25) is 19.6 Å². The number of hydrogen-bond donors (Lipinski definition) is 2. The van der Waals surface area contributed by atoms with E-state index in [9.17, 15) is 10.2 Å². The molecule has 3 aromatic carbocycles. The average Bonchev–Trinajstić information content (AvgIpc) is 3.03. The van der Waals surface area contributed by atoms with Crippen molar-refractivity contribution in [2.45, 2.75) is 102 Å². The maximum absolute atomic E-state index is 11.4. The van der Waals surface area contributed by atoms with Gasteiger partial charge in [0.25, 0.3) is 0 Å². The molecule has 0 amide bonds. The zero-order valence-corrected chi connectivity index (χ0v) is 27.4. The lowest BCUT2D eigenvalue weighted by atomic mass is 9.84. The minimum atomic E-state index is -1.49. The van der Waals surface area contributed by atoms with Crippen LogP contribution in [0.5, 0.6) is 0 Å². The number of benzene rings is 3. The van der Waals surface area contributed by atoms with E-state index in [2.05, 4.69) is 19.6 Å². The van der Waals surface area contributed by atoms with E-state index in [-0.39, 0.29) is 6.61 Å². The fraction of sp³-hybridized carbons (Fsp3) is 0.500. The fourth-order valence-electron chi connectivity index (χ4n) is 5.37. The Kier molecular flexibility index (Phi) is 14.0. The van der Waals surface area contributed by atoms with E-state index in [1.165, 1.54) is 0 Å². The molecule has 0 spiro atoms. The third kappa shape index (κ3) is 11.2. The standard InChI is InChI=1S/C36H50O7Si/c1-44(2,3)43-24-16-5-4-15-23-39-33-31(37)32(38)34(40-25-28-17-9-6-10-18-28)36(42-27-30-21-13-8-14-22-30)35(33)41-26-29-19-11-7-12-20-29/h6-14,17-22,31-38H,4-5,15-16,23-27H2,1-3H3. The lowest BCUT2D eigenvalue weighted by molar-refractivity contribution is -0.272. The molecule has 1 aliphatic carbocycles. The maximum Gasteiger partial charge on any atom is 0.183 e. The maximum atomic E-state index is 11.4. The molecule has 44 heavy (non-hydrogen) atoms. The molecule has 1 aliphatic rings. The number of rotatable bonds is 18. The molecule has 2 N–H and O–H groups in total. The van der Waals surface area contributed by atoms with Crippen molar-refractivity contribution in [2.75, 3.05) is 13.2 Å². The summed E-state index contributed by atoms with van der Waals surface area (Å²) in [6, 6.07) is 29.6. The van der Waals surface area contributed by atoms with Crippen LogP contribution in [0, 0.1) is 0 Å². The molecular formula is C36H50O7Si. The molecule has 0 saturated heterocycles. The smallest absolute Gasteiger partial charge is 0.183 e. The molecule has 7 nitrogen and oxygen atoms in total. The van der Waals surface area contributed by atoms with E-state index >= 15 is 0 Å². The molecule has 1 fully saturated rings. The van der Waals surface area contributed by atoms with E-state index in [0.29, 0.717) is 19.8 Å². The van der Waals surface area contributed by atoms with Gasteiger partial charge in [0.15, 0.2) is 8.32 Å². The highest BCUT2D eigenvalue weighted by atomic mass is 28.4. The molecule has 0 bridgehead atoms. The Hall–Kier alpha value is -2.40. The van der Waals surface area contributed by atoms with Gasteiger partial charge in [-0.2, -0.15) is 0 Å². The number of unbranched alkanes of at least 4 members (excludes halogenated alkanes) is 3. The van der Waals surface area contributed by atoms with Gasteiger partial charge in [0.1, 0.15) is 36.6 Å². The average molecular weight is 623 g/mol. The van der Waals surface area contributed by atoms with Crippen molar-refractivity contribution in [1.82, 2.24) is 0 Å². The van der Waals surface area contributed by atoms with Crippen LogP contribution in [-0.2, 0) is 43.2 Å². The minimum absolute atomic E-state index is 0.263. The highest BCUT2D eigenvalue weighted by Gasteiger charge is 2.52. The van der Waals surface area contributed by atoms with Crippen molar-refractivity contribution in [3.63, 3.8) is 0 Å². The summed E-state index contributed by atoms with van der Waals surface area (Å²) in [5.41, 5.74) is 2.95. The normalized spacial score (nSPS) is 23.9. The monoisotopic (exact) mass is 622 g/mol. The summed E-state index contributed by atoms with van der Waals surface area (Å²) >= 11 is 0. The van der Waals surface area contributed by atoms with Gasteiger partial charge in [-0.1, -0.05) is 104 Å². The van der Waals surface area contributed by atoms with Gasteiger partial charge in [0.05, 0.1) is 19.8 Å². The Morgan fingerprint density at radius 3 is 1.25 bits per heavy atom. The van der Waals surface area contributed by atoms with E-state index < -0.39 is 44.9 Å². The van der Waals surface area contributed by atoms with Crippen molar-refractivity contribution >= 4 is 8.32 Å². The van der Waals surface area contributed by atoms with Crippen molar-refractivity contribution in [3.8, 4) is 0 Å². The van der Waals surface area contributed by atoms with Crippen LogP contribution in [0.25, 0.3) is 0 Å². The van der Waals surface area contributed by atoms with Gasteiger partial charge in [-0.05, 0) is 49.2 Å². The molecule has 0 aliphatic heterocycles. The predicted octanol–water partition coefficient (Wildman–Crippen LogP) is 6.28. The quantitative estimate of drug-likeness (QED) is 0.128. The minimum Gasteiger partial charge on any atom is -0.418 e. The lowest BCUT2D eigenvalue weighted by Crippen LogP contribution is -2.66. The molecule has 1 saturated carbocycles. The van der Waals surface area contributed by atoms with Gasteiger partial charge >= 0.3 is 0 Å². The molecule has 8 heteroatoms. The first-order valence-electron chi connectivity index (χ1n) is 15.9. The summed E-state index contributed by atoms with van der Waals surface area (Å²) in [6.45, 7) is 8.72. The van der Waals surface area contributed by atoms with Gasteiger partial charge in [-0.15, -0.1) is 0 Å². The molecule has 6 atom stereocenters. The fourth-order valence-corrected chi connectivity index (χ4v) is 6.13. The third-order valence-corrected chi connectivity index (χ3v) is 8.80. The first-order valence-corrected chi connectivity index (χ1v) is 19.3. The van der Waals surface area contributed by atoms with Crippen molar-refractivity contribution in [1.29, 1.82) is 0 Å². The first kappa shape index (κ1) is 34.5. The number of aliphatic hydroxyl groups excluding tert-OH is 2. The summed E-state index contributed by atoms with van der Waals surface area (Å²) in [5.74, 6) is 0. The highest BCUT2D eigenvalue weighted by molar-refractivity contribution is 6.69. The van der Waals surface area contributed by atoms with Crippen molar-refractivity contribution in [2.24, 2.45) is 0 Å². The summed E-state index contributed by atoms with van der Waals surface area (Å²) < 4.78 is 31.6. The molecule has 0 radical (unpaired) electrons. The predicted molar refractivity (Wildman–Crippen MR) is 175 cm³/mol. The van der Waals surface area contributed by atoms with Crippen LogP contribution in [0.4, 0.5) is 0 Å². The molecular weight excluding hydrogens is 572 g/mol. The summed E-state index contributed by atoms with van der Waals surface area (Å²) in [7, 11) is -1.49. The number of aliphatic hydroxyl groups is 2. The van der Waals surface area contributed by atoms with Crippen LogP contribution in [0.1, 0.15) is 42.4 Å². The zero-order valence-electron chi connectivity index (χ0n) is 26.4. The molecule has 3 aromatic rings.